The van der Waals surface area contributed by atoms with Crippen molar-refractivity contribution in [1.82, 2.24) is 9.88 Å². The second-order valence-electron chi connectivity index (χ2n) is 6.76. The second kappa shape index (κ2) is 9.12. The molecule has 1 saturated heterocycles. The molecule has 0 atom stereocenters. The van der Waals surface area contributed by atoms with E-state index in [0.717, 1.165) is 0 Å². The van der Waals surface area contributed by atoms with Gasteiger partial charge in [-0.2, -0.15) is 0 Å². The summed E-state index contributed by atoms with van der Waals surface area (Å²) in [5.74, 6) is -0.357. The van der Waals surface area contributed by atoms with Crippen LogP contribution in [0.15, 0.2) is 64.7 Å². The number of benzene rings is 2. The highest BCUT2D eigenvalue weighted by atomic mass is 32.1. The molecule has 1 aliphatic heterocycles. The first-order valence-corrected chi connectivity index (χ1v) is 10.6. The highest BCUT2D eigenvalue weighted by molar-refractivity contribution is 7.17. The number of hydrogen-bond acceptors (Lipinski definition) is 5. The summed E-state index contributed by atoms with van der Waals surface area (Å²) >= 11 is 1.34. The Hall–Kier alpha value is -2.83. The molecular weight excluding hydrogens is 406 g/mol. The van der Waals surface area contributed by atoms with E-state index in [1.54, 1.807) is 23.6 Å². The summed E-state index contributed by atoms with van der Waals surface area (Å²) in [5, 5.41) is 1.97. The van der Waals surface area contributed by atoms with Crippen molar-refractivity contribution in [2.45, 2.75) is 12.8 Å². The van der Waals surface area contributed by atoms with Crippen LogP contribution in [0.4, 0.5) is 5.69 Å². The number of H-pyrrole nitrogens is 1. The van der Waals surface area contributed by atoms with Crippen molar-refractivity contribution in [3.63, 3.8) is 0 Å². The van der Waals surface area contributed by atoms with Gasteiger partial charge in [0.1, 0.15) is 5.75 Å². The Balaban J connectivity index is 1.37. The minimum absolute atomic E-state index is 0.00315. The van der Waals surface area contributed by atoms with Crippen LogP contribution < -0.4 is 15.2 Å². The van der Waals surface area contributed by atoms with Crippen LogP contribution in [-0.4, -0.2) is 49.0 Å². The van der Waals surface area contributed by atoms with E-state index in [1.807, 2.05) is 0 Å². The number of nitrogens with zero attached hydrogens (tertiary/aromatic N) is 2. The summed E-state index contributed by atoms with van der Waals surface area (Å²) in [5.41, 5.74) is -1.14. The number of piperazine rings is 1. The van der Waals surface area contributed by atoms with Crippen molar-refractivity contribution in [3.8, 4) is 5.75 Å². The minimum atomic E-state index is -3.02. The first-order chi connectivity index (χ1) is 20.4. The molecule has 6 heteroatoms. The molecule has 0 bridgehead atoms. The Morgan fingerprint density at radius 2 is 1.97 bits per heavy atom. The predicted molar refractivity (Wildman–Crippen MR) is 130 cm³/mol. The molecule has 0 saturated carbocycles. The van der Waals surface area contributed by atoms with Gasteiger partial charge in [-0.25, -0.2) is 0 Å². The van der Waals surface area contributed by atoms with E-state index in [-0.39, 0.29) is 41.8 Å². The van der Waals surface area contributed by atoms with Gasteiger partial charge < -0.3 is 14.6 Å². The van der Waals surface area contributed by atoms with Gasteiger partial charge >= 0.3 is 0 Å². The molecule has 0 radical (unpaired) electrons. The van der Waals surface area contributed by atoms with Gasteiger partial charge in [0.25, 0.3) is 0 Å². The number of aromatic amines is 1. The van der Waals surface area contributed by atoms with E-state index in [4.69, 9.17) is 22.6 Å². The number of fused-ring (bicyclic) bond motifs is 2. The summed E-state index contributed by atoms with van der Waals surface area (Å²) in [6.07, 6.45) is 0.0892. The molecule has 5 rings (SSSR count). The van der Waals surface area contributed by atoms with E-state index >= 15 is 0 Å². The summed E-state index contributed by atoms with van der Waals surface area (Å²) < 4.78 is 117. The third-order valence-electron chi connectivity index (χ3n) is 4.66. The number of aromatic nitrogens is 1. The van der Waals surface area contributed by atoms with Gasteiger partial charge in [0.05, 0.1) is 24.5 Å². The molecule has 4 aromatic rings. The number of anilines is 1. The molecule has 160 valence electrons. The molecule has 1 N–H and O–H groups in total. The predicted octanol–water partition coefficient (Wildman–Crippen LogP) is 4.72. The number of thiophene rings is 1. The molecule has 2 aromatic heterocycles. The maximum absolute atomic E-state index is 12.0. The maximum atomic E-state index is 12.0. The van der Waals surface area contributed by atoms with E-state index in [9.17, 15) is 4.79 Å². The fraction of sp³-hybridized carbons (Fsp3) is 0.320. The number of unbranched alkanes of at least 4 members (excludes halogenated alkanes) is 1. The zero-order valence-corrected chi connectivity index (χ0v) is 17.2. The lowest BCUT2D eigenvalue weighted by Gasteiger charge is -2.36. The van der Waals surface area contributed by atoms with Crippen LogP contribution in [0.5, 0.6) is 5.75 Å². The molecule has 2 aromatic carbocycles. The fourth-order valence-corrected chi connectivity index (χ4v) is 3.95. The van der Waals surface area contributed by atoms with Crippen LogP contribution in [-0.2, 0) is 0 Å². The number of rotatable bonds is 7. The van der Waals surface area contributed by atoms with Gasteiger partial charge in [-0.05, 0) is 66.5 Å². The Morgan fingerprint density at radius 1 is 1.10 bits per heavy atom. The molecule has 0 unspecified atom stereocenters. The summed E-state index contributed by atoms with van der Waals surface area (Å²) in [6.45, 7) is -12.6. The molecule has 0 spiro atoms. The van der Waals surface area contributed by atoms with Crippen LogP contribution in [0.25, 0.3) is 21.0 Å². The normalized spacial score (nSPS) is 27.6. The molecular formula is C25H27N3O2S. The molecule has 5 nitrogen and oxygen atoms in total. The fourth-order valence-electron chi connectivity index (χ4n) is 3.14. The van der Waals surface area contributed by atoms with Crippen molar-refractivity contribution in [3.05, 3.63) is 70.2 Å². The van der Waals surface area contributed by atoms with E-state index in [1.165, 1.54) is 17.4 Å². The van der Waals surface area contributed by atoms with Crippen molar-refractivity contribution < 1.29 is 22.6 Å². The van der Waals surface area contributed by atoms with E-state index in [0.29, 0.717) is 19.9 Å². The third-order valence-corrected chi connectivity index (χ3v) is 5.54. The first-order valence-electron chi connectivity index (χ1n) is 16.2. The van der Waals surface area contributed by atoms with Crippen LogP contribution in [0, 0.1) is 0 Å². The summed E-state index contributed by atoms with van der Waals surface area (Å²) in [6, 6.07) is 3.64. The van der Waals surface area contributed by atoms with Crippen molar-refractivity contribution in [1.29, 1.82) is 0 Å². The first kappa shape index (κ1) is 10.2. The Kier molecular flexibility index (Phi) is 3.00. The van der Waals surface area contributed by atoms with Crippen molar-refractivity contribution in [2.75, 3.05) is 44.0 Å². The van der Waals surface area contributed by atoms with Gasteiger partial charge in [-0.15, -0.1) is 11.3 Å². The average molecular weight is 447 g/mol. The molecule has 0 aliphatic carbocycles. The Morgan fingerprint density at radius 3 is 2.87 bits per heavy atom. The molecule has 3 heterocycles. The zero-order chi connectivity index (χ0) is 32.6. The monoisotopic (exact) mass is 446 g/mol. The highest BCUT2D eigenvalue weighted by Gasteiger charge is 2.18. The van der Waals surface area contributed by atoms with Gasteiger partial charge in [0.15, 0.2) is 0 Å². The van der Waals surface area contributed by atoms with Gasteiger partial charge in [-0.3, -0.25) is 9.69 Å². The molecule has 31 heavy (non-hydrogen) atoms. The topological polar surface area (TPSA) is 48.6 Å². The number of pyridine rings is 1. The minimum Gasteiger partial charge on any atom is -0.494 e. The summed E-state index contributed by atoms with van der Waals surface area (Å²) in [7, 11) is 0. The number of nitrogens with one attached hydrogen (secondary N) is 1. The second-order valence-corrected chi connectivity index (χ2v) is 7.71. The van der Waals surface area contributed by atoms with Crippen LogP contribution in [0.1, 0.15) is 30.7 Å². The van der Waals surface area contributed by atoms with Crippen LogP contribution in [0.3, 0.4) is 0 Å². The van der Waals surface area contributed by atoms with Gasteiger partial charge in [-0.1, -0.05) is 6.07 Å². The maximum Gasteiger partial charge on any atom is 0.248 e. The highest BCUT2D eigenvalue weighted by Crippen LogP contribution is 2.31. The van der Waals surface area contributed by atoms with Gasteiger partial charge in [0.2, 0.25) is 5.56 Å². The lowest BCUT2D eigenvalue weighted by molar-refractivity contribution is 0.239. The Bertz CT molecular complexity index is 1800. The SMILES string of the molecule is [2H]c1c(OCCCCN2C([2H])([2H])C([2H])([2H])N(c3cccc4sccc34)C([2H])([2H])C2([2H])[2H])c([2H])c2[nH]c(=O)c([2H])c([2H])c2c1[2H]. The quantitative estimate of drug-likeness (QED) is 0.417. The zero-order valence-electron chi connectivity index (χ0n) is 29.3. The van der Waals surface area contributed by atoms with Crippen molar-refractivity contribution in [2.24, 2.45) is 0 Å². The van der Waals surface area contributed by atoms with E-state index < -0.39 is 68.3 Å². The van der Waals surface area contributed by atoms with E-state index in [2.05, 4.69) is 4.98 Å². The number of hydrogen-bond donors (Lipinski definition) is 1. The van der Waals surface area contributed by atoms with Crippen LogP contribution in [0.2, 0.25) is 0 Å². The average Bonchev–Trinajstić information content (AvgIpc) is 3.42. The smallest absolute Gasteiger partial charge is 0.248 e. The number of ether oxygens (including phenoxy) is 1. The van der Waals surface area contributed by atoms with Gasteiger partial charge in [0, 0.05) is 59.3 Å². The standard InChI is InChI=1S/C25H27N3O2S/c29-25-9-7-19-6-8-20(18-22(19)26-25)30-16-2-1-11-27-12-14-28(15-13-27)23-4-3-5-24-21(23)10-17-31-24/h3-10,17-18H,1-2,11-16H2,(H,26,29)/i6D,7D,8D,9D,12D2,13D2,14D2,15D2,18D. The summed E-state index contributed by atoms with van der Waals surface area (Å²) in [4.78, 5) is 15.4. The third kappa shape index (κ3) is 4.60. The molecule has 1 aliphatic rings. The van der Waals surface area contributed by atoms with Crippen molar-refractivity contribution >= 4 is 38.0 Å². The molecule has 0 amide bonds. The largest absolute Gasteiger partial charge is 0.494 e. The lowest BCUT2D eigenvalue weighted by Crippen LogP contribution is -2.46. The molecule has 1 fully saturated rings. The lowest BCUT2D eigenvalue weighted by atomic mass is 10.2. The van der Waals surface area contributed by atoms with Crippen LogP contribution >= 0.6 is 11.3 Å². The Labute approximate surface area is 204 Å².